The highest BCUT2D eigenvalue weighted by Crippen LogP contribution is 2.25. The Labute approximate surface area is 171 Å². The van der Waals surface area contributed by atoms with E-state index < -0.39 is 0 Å². The molecule has 1 saturated heterocycles. The van der Waals surface area contributed by atoms with Gasteiger partial charge in [-0.1, -0.05) is 6.07 Å². The van der Waals surface area contributed by atoms with E-state index in [2.05, 4.69) is 23.3 Å². The van der Waals surface area contributed by atoms with Crippen LogP contribution in [-0.2, 0) is 11.3 Å². The van der Waals surface area contributed by atoms with E-state index in [1.165, 1.54) is 11.7 Å². The maximum Gasteiger partial charge on any atom is 0.255 e. The number of benzene rings is 1. The molecular weight excluding hydrogens is 388 g/mol. The lowest BCUT2D eigenvalue weighted by molar-refractivity contribution is 0.0704. The fourth-order valence-electron chi connectivity index (χ4n) is 3.76. The van der Waals surface area contributed by atoms with Crippen LogP contribution in [0.2, 0.25) is 0 Å². The molecule has 148 valence electrons. The first-order chi connectivity index (χ1) is 14.2. The van der Waals surface area contributed by atoms with Gasteiger partial charge in [-0.15, -0.1) is 0 Å². The first kappa shape index (κ1) is 18.1. The Morgan fingerprint density at radius 1 is 1.17 bits per heavy atom. The minimum atomic E-state index is -0.0866. The third-order valence-corrected chi connectivity index (χ3v) is 5.89. The molecule has 0 bridgehead atoms. The number of carbonyl (C=O) groups excluding carboxylic acids is 1. The molecular formula is C20H20N6O2S. The van der Waals surface area contributed by atoms with E-state index in [1.807, 2.05) is 30.6 Å². The summed E-state index contributed by atoms with van der Waals surface area (Å²) in [6.45, 7) is 2.00. The lowest BCUT2D eigenvalue weighted by Crippen LogP contribution is -2.26. The summed E-state index contributed by atoms with van der Waals surface area (Å²) in [5.41, 5.74) is 4.84. The molecule has 0 atom stereocenters. The number of fused-ring (bicyclic) bond motifs is 2. The fraction of sp³-hybridized carbons (Fsp3) is 0.350. The summed E-state index contributed by atoms with van der Waals surface area (Å²) in [5, 5.41) is 0. The summed E-state index contributed by atoms with van der Waals surface area (Å²) in [4.78, 5) is 23.6. The number of ether oxygens (including phenoxy) is 1. The highest BCUT2D eigenvalue weighted by atomic mass is 32.1. The molecule has 5 rings (SSSR count). The average Bonchev–Trinajstić information content (AvgIpc) is 3.39. The third kappa shape index (κ3) is 3.47. The van der Waals surface area contributed by atoms with Gasteiger partial charge in [0.15, 0.2) is 5.65 Å². The van der Waals surface area contributed by atoms with Crippen LogP contribution in [0.4, 0.5) is 0 Å². The Kier molecular flexibility index (Phi) is 4.69. The van der Waals surface area contributed by atoms with E-state index in [9.17, 15) is 4.79 Å². The number of hydrogen-bond donors (Lipinski definition) is 0. The predicted octanol–water partition coefficient (Wildman–Crippen LogP) is 3.06. The third-order valence-electron chi connectivity index (χ3n) is 5.33. The summed E-state index contributed by atoms with van der Waals surface area (Å²) >= 11 is 1.19. The molecule has 0 unspecified atom stereocenters. The molecule has 0 N–H and O–H groups in total. The maximum atomic E-state index is 12.9. The SMILES string of the molecule is CN(Cc1ccc2nsnc2c1)C(=O)c1cnc2c(c1)ncn2C1CCOCC1. The van der Waals surface area contributed by atoms with Crippen molar-refractivity contribution in [3.63, 3.8) is 0 Å². The minimum Gasteiger partial charge on any atom is -0.381 e. The monoisotopic (exact) mass is 408 g/mol. The van der Waals surface area contributed by atoms with Crippen LogP contribution in [0, 0.1) is 0 Å². The molecule has 4 heterocycles. The van der Waals surface area contributed by atoms with Gasteiger partial charge in [-0.3, -0.25) is 4.79 Å². The summed E-state index contributed by atoms with van der Waals surface area (Å²) < 4.78 is 16.0. The van der Waals surface area contributed by atoms with Crippen molar-refractivity contribution in [2.45, 2.75) is 25.4 Å². The van der Waals surface area contributed by atoms with Gasteiger partial charge in [0.2, 0.25) is 0 Å². The Balaban J connectivity index is 1.35. The number of hydrogen-bond acceptors (Lipinski definition) is 7. The molecule has 9 heteroatoms. The Hall–Kier alpha value is -2.91. The zero-order chi connectivity index (χ0) is 19.8. The molecule has 0 aliphatic carbocycles. The van der Waals surface area contributed by atoms with Crippen LogP contribution in [0.25, 0.3) is 22.2 Å². The van der Waals surface area contributed by atoms with E-state index >= 15 is 0 Å². The van der Waals surface area contributed by atoms with Crippen molar-refractivity contribution in [3.05, 3.63) is 47.9 Å². The summed E-state index contributed by atoms with van der Waals surface area (Å²) in [6.07, 6.45) is 5.37. The van der Waals surface area contributed by atoms with Crippen LogP contribution in [0.5, 0.6) is 0 Å². The van der Waals surface area contributed by atoms with Crippen molar-refractivity contribution in [3.8, 4) is 0 Å². The summed E-state index contributed by atoms with van der Waals surface area (Å²) in [7, 11) is 1.79. The number of amides is 1. The van der Waals surface area contributed by atoms with Gasteiger partial charge in [-0.25, -0.2) is 9.97 Å². The van der Waals surface area contributed by atoms with E-state index in [0.29, 0.717) is 18.2 Å². The second-order valence-electron chi connectivity index (χ2n) is 7.31. The van der Waals surface area contributed by atoms with Crippen LogP contribution < -0.4 is 0 Å². The highest BCUT2D eigenvalue weighted by Gasteiger charge is 2.20. The van der Waals surface area contributed by atoms with Gasteiger partial charge in [0.1, 0.15) is 16.6 Å². The standard InChI is InChI=1S/C20H20N6O2S/c1-25(11-13-2-3-16-17(8-13)24-29-23-16)20(27)14-9-18-19(21-10-14)26(12-22-18)15-4-6-28-7-5-15/h2-3,8-10,12,15H,4-7,11H2,1H3. The van der Waals surface area contributed by atoms with Crippen LogP contribution in [0.1, 0.15) is 34.8 Å². The molecule has 1 aliphatic rings. The lowest BCUT2D eigenvalue weighted by Gasteiger charge is -2.23. The first-order valence-electron chi connectivity index (χ1n) is 9.56. The van der Waals surface area contributed by atoms with Gasteiger partial charge in [0, 0.05) is 39.0 Å². The molecule has 0 radical (unpaired) electrons. The predicted molar refractivity (Wildman–Crippen MR) is 110 cm³/mol. The number of nitrogens with zero attached hydrogens (tertiary/aromatic N) is 6. The second kappa shape index (κ2) is 7.49. The van der Waals surface area contributed by atoms with Gasteiger partial charge < -0.3 is 14.2 Å². The molecule has 1 aromatic carbocycles. The van der Waals surface area contributed by atoms with Gasteiger partial charge in [0.25, 0.3) is 5.91 Å². The molecule has 0 spiro atoms. The molecule has 1 amide bonds. The Bertz CT molecular complexity index is 1180. The van der Waals surface area contributed by atoms with Crippen molar-refractivity contribution in [1.29, 1.82) is 0 Å². The molecule has 1 fully saturated rings. The zero-order valence-corrected chi connectivity index (χ0v) is 16.8. The molecule has 3 aromatic heterocycles. The van der Waals surface area contributed by atoms with E-state index in [1.54, 1.807) is 18.1 Å². The molecule has 4 aromatic rings. The number of rotatable bonds is 4. The Morgan fingerprint density at radius 3 is 2.86 bits per heavy atom. The van der Waals surface area contributed by atoms with E-state index in [0.717, 1.165) is 53.8 Å². The number of imidazole rings is 1. The topological polar surface area (TPSA) is 86.0 Å². The van der Waals surface area contributed by atoms with Gasteiger partial charge >= 0.3 is 0 Å². The Morgan fingerprint density at radius 2 is 2.00 bits per heavy atom. The van der Waals surface area contributed by atoms with Gasteiger partial charge in [0.05, 0.1) is 23.6 Å². The smallest absolute Gasteiger partial charge is 0.255 e. The van der Waals surface area contributed by atoms with Gasteiger partial charge in [-0.05, 0) is 36.6 Å². The van der Waals surface area contributed by atoms with Crippen molar-refractivity contribution >= 4 is 39.8 Å². The normalized spacial score (nSPS) is 15.2. The van der Waals surface area contributed by atoms with Crippen molar-refractivity contribution in [1.82, 2.24) is 28.2 Å². The molecule has 0 saturated carbocycles. The molecule has 1 aliphatic heterocycles. The van der Waals surface area contributed by atoms with Crippen LogP contribution in [-0.4, -0.2) is 54.4 Å². The molecule has 8 nitrogen and oxygen atoms in total. The van der Waals surface area contributed by atoms with Crippen LogP contribution in [0.3, 0.4) is 0 Å². The average molecular weight is 408 g/mol. The van der Waals surface area contributed by atoms with E-state index in [-0.39, 0.29) is 5.91 Å². The molecule has 29 heavy (non-hydrogen) atoms. The van der Waals surface area contributed by atoms with Crippen LogP contribution >= 0.6 is 11.7 Å². The minimum absolute atomic E-state index is 0.0866. The number of carbonyl (C=O) groups is 1. The van der Waals surface area contributed by atoms with Gasteiger partial charge in [-0.2, -0.15) is 8.75 Å². The van der Waals surface area contributed by atoms with E-state index in [4.69, 9.17) is 4.74 Å². The van der Waals surface area contributed by atoms with Crippen molar-refractivity contribution < 1.29 is 9.53 Å². The van der Waals surface area contributed by atoms with Crippen molar-refractivity contribution in [2.75, 3.05) is 20.3 Å². The summed E-state index contributed by atoms with van der Waals surface area (Å²) in [6, 6.07) is 8.05. The quantitative estimate of drug-likeness (QED) is 0.516. The second-order valence-corrected chi connectivity index (χ2v) is 7.84. The fourth-order valence-corrected chi connectivity index (χ4v) is 4.28. The summed E-state index contributed by atoms with van der Waals surface area (Å²) in [5.74, 6) is -0.0866. The number of aromatic nitrogens is 5. The van der Waals surface area contributed by atoms with Crippen LogP contribution in [0.15, 0.2) is 36.8 Å². The highest BCUT2D eigenvalue weighted by molar-refractivity contribution is 7.00. The first-order valence-corrected chi connectivity index (χ1v) is 10.3. The maximum absolute atomic E-state index is 12.9. The van der Waals surface area contributed by atoms with Crippen molar-refractivity contribution in [2.24, 2.45) is 0 Å². The zero-order valence-electron chi connectivity index (χ0n) is 16.0. The lowest BCUT2D eigenvalue weighted by atomic mass is 10.1. The largest absolute Gasteiger partial charge is 0.381 e. The number of pyridine rings is 1.